The molecule has 11 heavy (non-hydrogen) atoms. The molecule has 1 N–H and O–H groups in total. The van der Waals surface area contributed by atoms with E-state index in [9.17, 15) is 4.79 Å². The Hall–Kier alpha value is -1.52. The summed E-state index contributed by atoms with van der Waals surface area (Å²) in [6.07, 6.45) is 1.63. The second kappa shape index (κ2) is 2.26. The molecule has 0 fully saturated rings. The second-order valence-electron chi connectivity index (χ2n) is 2.21. The fourth-order valence-electron chi connectivity index (χ4n) is 0.929. The Morgan fingerprint density at radius 3 is 3.27 bits per heavy atom. The normalized spacial score (nSPS) is 21.6. The maximum absolute atomic E-state index is 10.8. The Kier molecular flexibility index (Phi) is 1.28. The summed E-state index contributed by atoms with van der Waals surface area (Å²) in [6, 6.07) is 0. The zero-order valence-electron chi connectivity index (χ0n) is 5.74. The molecule has 5 nitrogen and oxygen atoms in total. The summed E-state index contributed by atoms with van der Waals surface area (Å²) >= 11 is 0. The summed E-state index contributed by atoms with van der Waals surface area (Å²) in [6.45, 7) is 0.564. The summed E-state index contributed by atoms with van der Waals surface area (Å²) in [5.41, 5.74) is 0.677. The van der Waals surface area contributed by atoms with Gasteiger partial charge in [-0.1, -0.05) is 0 Å². The molecule has 0 bridgehead atoms. The molecule has 5 heteroatoms. The number of hydrogen-bond acceptors (Lipinski definition) is 4. The van der Waals surface area contributed by atoms with Gasteiger partial charge in [0.25, 0.3) is 0 Å². The molecule has 2 rings (SSSR count). The lowest BCUT2D eigenvalue weighted by atomic mass is 10.3. The van der Waals surface area contributed by atoms with E-state index >= 15 is 0 Å². The molecular formula is C6H6N4O. The fraction of sp³-hybridized carbons (Fsp3) is 0.333. The van der Waals surface area contributed by atoms with Gasteiger partial charge in [0.2, 0.25) is 5.91 Å². The summed E-state index contributed by atoms with van der Waals surface area (Å²) in [7, 11) is 0. The van der Waals surface area contributed by atoms with Crippen molar-refractivity contribution in [1.29, 1.82) is 0 Å². The number of rotatable bonds is 0. The molecule has 0 atom stereocenters. The number of carbonyl (C=O) groups is 1. The topological polar surface area (TPSA) is 66.2 Å². The summed E-state index contributed by atoms with van der Waals surface area (Å²) in [4.78, 5) is 22.6. The van der Waals surface area contributed by atoms with Crippen molar-refractivity contribution in [2.45, 2.75) is 0 Å². The van der Waals surface area contributed by atoms with Gasteiger partial charge in [-0.25, -0.2) is 4.99 Å². The van der Waals surface area contributed by atoms with Crippen molar-refractivity contribution in [3.63, 3.8) is 0 Å². The van der Waals surface area contributed by atoms with E-state index in [1.807, 2.05) is 0 Å². The molecule has 56 valence electrons. The Morgan fingerprint density at radius 1 is 1.45 bits per heavy atom. The molecule has 2 aliphatic rings. The van der Waals surface area contributed by atoms with Crippen molar-refractivity contribution in [1.82, 2.24) is 5.32 Å². The molecule has 1 amide bonds. The standard InChI is InChI=1S/C6H6N4O/c11-5-2-8-4-1-7-3-9-6(4)10-5/h1H,2-3H2,(H,9,10,11). The van der Waals surface area contributed by atoms with Crippen LogP contribution in [0, 0.1) is 0 Å². The molecule has 0 saturated heterocycles. The highest BCUT2D eigenvalue weighted by atomic mass is 16.2. The molecule has 0 aliphatic carbocycles. The van der Waals surface area contributed by atoms with Crippen LogP contribution in [0.15, 0.2) is 15.0 Å². The molecule has 0 unspecified atom stereocenters. The third-order valence-corrected chi connectivity index (χ3v) is 1.42. The predicted octanol–water partition coefficient (Wildman–Crippen LogP) is -1.00. The van der Waals surface area contributed by atoms with E-state index in [4.69, 9.17) is 0 Å². The van der Waals surface area contributed by atoms with Gasteiger partial charge in [0.15, 0.2) is 5.84 Å². The van der Waals surface area contributed by atoms with E-state index in [0.717, 1.165) is 0 Å². The number of nitrogens with zero attached hydrogens (tertiary/aromatic N) is 3. The van der Waals surface area contributed by atoms with Crippen LogP contribution in [0.3, 0.4) is 0 Å². The van der Waals surface area contributed by atoms with Gasteiger partial charge in [-0.05, 0) is 0 Å². The molecule has 2 heterocycles. The fourth-order valence-corrected chi connectivity index (χ4v) is 0.929. The number of fused-ring (bicyclic) bond motifs is 1. The number of aliphatic imine (C=N–C) groups is 3. The van der Waals surface area contributed by atoms with Crippen LogP contribution in [0.25, 0.3) is 0 Å². The molecule has 0 radical (unpaired) electrons. The highest BCUT2D eigenvalue weighted by Crippen LogP contribution is 1.94. The van der Waals surface area contributed by atoms with E-state index in [2.05, 4.69) is 20.3 Å². The number of hydrogen-bond donors (Lipinski definition) is 1. The van der Waals surface area contributed by atoms with E-state index in [1.54, 1.807) is 6.21 Å². The van der Waals surface area contributed by atoms with Gasteiger partial charge in [0.1, 0.15) is 18.9 Å². The lowest BCUT2D eigenvalue weighted by Gasteiger charge is -2.14. The quantitative estimate of drug-likeness (QED) is 0.472. The van der Waals surface area contributed by atoms with Crippen molar-refractivity contribution in [3.8, 4) is 0 Å². The summed E-state index contributed by atoms with van der Waals surface area (Å²) in [5.74, 6) is 0.444. The van der Waals surface area contributed by atoms with Gasteiger partial charge in [-0.2, -0.15) is 0 Å². The number of carbonyl (C=O) groups excluding carboxylic acids is 1. The van der Waals surface area contributed by atoms with Crippen molar-refractivity contribution < 1.29 is 4.79 Å². The maximum atomic E-state index is 10.8. The molecule has 0 aromatic heterocycles. The number of nitrogens with one attached hydrogen (secondary N) is 1. The molecule has 0 saturated carbocycles. The smallest absolute Gasteiger partial charge is 0.247 e. The average molecular weight is 150 g/mol. The predicted molar refractivity (Wildman–Crippen MR) is 41.2 cm³/mol. The van der Waals surface area contributed by atoms with Crippen LogP contribution in [0.4, 0.5) is 0 Å². The third-order valence-electron chi connectivity index (χ3n) is 1.42. The van der Waals surface area contributed by atoms with Crippen LogP contribution in [0.5, 0.6) is 0 Å². The first-order valence-electron chi connectivity index (χ1n) is 3.25. The highest BCUT2D eigenvalue weighted by Gasteiger charge is 2.17. The second-order valence-corrected chi connectivity index (χ2v) is 2.21. The largest absolute Gasteiger partial charge is 0.307 e. The Balaban J connectivity index is 2.35. The minimum absolute atomic E-state index is 0.109. The van der Waals surface area contributed by atoms with Gasteiger partial charge >= 0.3 is 0 Å². The van der Waals surface area contributed by atoms with Gasteiger partial charge < -0.3 is 5.32 Å². The monoisotopic (exact) mass is 150 g/mol. The van der Waals surface area contributed by atoms with E-state index < -0.39 is 0 Å². The first-order chi connectivity index (χ1) is 5.36. The van der Waals surface area contributed by atoms with Crippen LogP contribution in [0.2, 0.25) is 0 Å². The van der Waals surface area contributed by atoms with Gasteiger partial charge in [-0.3, -0.25) is 14.8 Å². The molecule has 2 aliphatic heterocycles. The molecular weight excluding hydrogens is 144 g/mol. The first-order valence-corrected chi connectivity index (χ1v) is 3.25. The van der Waals surface area contributed by atoms with Crippen LogP contribution in [-0.2, 0) is 4.79 Å². The van der Waals surface area contributed by atoms with Gasteiger partial charge in [0.05, 0.1) is 6.21 Å². The Labute approximate surface area is 62.9 Å². The molecule has 0 spiro atoms. The minimum Gasteiger partial charge on any atom is -0.307 e. The zero-order chi connectivity index (χ0) is 7.68. The van der Waals surface area contributed by atoms with Crippen molar-refractivity contribution in [3.05, 3.63) is 0 Å². The van der Waals surface area contributed by atoms with Crippen LogP contribution in [-0.4, -0.2) is 36.9 Å². The van der Waals surface area contributed by atoms with E-state index in [1.165, 1.54) is 0 Å². The lowest BCUT2D eigenvalue weighted by molar-refractivity contribution is -0.118. The maximum Gasteiger partial charge on any atom is 0.247 e. The van der Waals surface area contributed by atoms with E-state index in [0.29, 0.717) is 18.2 Å². The van der Waals surface area contributed by atoms with E-state index in [-0.39, 0.29) is 12.5 Å². The van der Waals surface area contributed by atoms with Crippen molar-refractivity contribution >= 4 is 23.7 Å². The minimum atomic E-state index is -0.109. The average Bonchev–Trinajstić information content (AvgIpc) is 2.04. The lowest BCUT2D eigenvalue weighted by Crippen LogP contribution is -2.43. The van der Waals surface area contributed by atoms with Crippen LogP contribution >= 0.6 is 0 Å². The van der Waals surface area contributed by atoms with Crippen molar-refractivity contribution in [2.24, 2.45) is 15.0 Å². The number of amidine groups is 1. The van der Waals surface area contributed by atoms with Gasteiger partial charge in [0, 0.05) is 0 Å². The highest BCUT2D eigenvalue weighted by molar-refractivity contribution is 6.64. The van der Waals surface area contributed by atoms with Crippen LogP contribution in [0.1, 0.15) is 0 Å². The molecule has 0 aromatic carbocycles. The third kappa shape index (κ3) is 1.04. The summed E-state index contributed by atoms with van der Waals surface area (Å²) < 4.78 is 0. The van der Waals surface area contributed by atoms with Crippen LogP contribution < -0.4 is 5.32 Å². The number of amides is 1. The SMILES string of the molecule is O=C1CN=C2C=NCN=C2N1. The first kappa shape index (κ1) is 6.21. The molecule has 0 aromatic rings. The van der Waals surface area contributed by atoms with Crippen molar-refractivity contribution in [2.75, 3.05) is 13.2 Å². The Morgan fingerprint density at radius 2 is 2.36 bits per heavy atom. The van der Waals surface area contributed by atoms with Gasteiger partial charge in [-0.15, -0.1) is 0 Å². The zero-order valence-corrected chi connectivity index (χ0v) is 5.74. The summed E-state index contributed by atoms with van der Waals surface area (Å²) in [5, 5.41) is 2.61. The Bertz CT molecular complexity index is 289.